The molecule has 1 aromatic rings. The molecule has 0 spiro atoms. The minimum Gasteiger partial charge on any atom is -0.356 e. The second-order valence-corrected chi connectivity index (χ2v) is 7.17. The van der Waals surface area contributed by atoms with Crippen LogP contribution >= 0.6 is 11.6 Å². The highest BCUT2D eigenvalue weighted by atomic mass is 35.5. The molecule has 23 heavy (non-hydrogen) atoms. The van der Waals surface area contributed by atoms with Crippen LogP contribution in [0, 0.1) is 11.8 Å². The molecule has 0 amide bonds. The van der Waals surface area contributed by atoms with Gasteiger partial charge in [-0.15, -0.1) is 0 Å². The van der Waals surface area contributed by atoms with Crippen molar-refractivity contribution in [2.24, 2.45) is 16.8 Å². The largest absolute Gasteiger partial charge is 0.356 e. The molecule has 4 nitrogen and oxygen atoms in total. The zero-order valence-electron chi connectivity index (χ0n) is 13.9. The Morgan fingerprint density at radius 2 is 2.13 bits per heavy atom. The van der Waals surface area contributed by atoms with Crippen molar-refractivity contribution in [3.05, 3.63) is 29.0 Å². The Morgan fingerprint density at radius 1 is 1.30 bits per heavy atom. The molecule has 0 aliphatic heterocycles. The lowest BCUT2D eigenvalue weighted by molar-refractivity contribution is 0.315. The normalized spacial score (nSPS) is 25.2. The first-order valence-electron chi connectivity index (χ1n) is 8.84. The summed E-state index contributed by atoms with van der Waals surface area (Å²) in [7, 11) is 1.84. The van der Waals surface area contributed by atoms with E-state index in [-0.39, 0.29) is 0 Å². The molecule has 2 atom stereocenters. The molecule has 1 heterocycles. The van der Waals surface area contributed by atoms with Crippen LogP contribution in [0.3, 0.4) is 0 Å². The van der Waals surface area contributed by atoms with Gasteiger partial charge in [0.05, 0.1) is 0 Å². The van der Waals surface area contributed by atoms with E-state index in [2.05, 4.69) is 20.6 Å². The molecule has 2 saturated carbocycles. The fourth-order valence-corrected chi connectivity index (χ4v) is 3.83. The van der Waals surface area contributed by atoms with Gasteiger partial charge in [-0.05, 0) is 36.3 Å². The van der Waals surface area contributed by atoms with Crippen LogP contribution < -0.4 is 10.6 Å². The third-order valence-corrected chi connectivity index (χ3v) is 5.36. The van der Waals surface area contributed by atoms with Gasteiger partial charge in [0.1, 0.15) is 5.15 Å². The van der Waals surface area contributed by atoms with Gasteiger partial charge in [-0.3, -0.25) is 4.99 Å². The quantitative estimate of drug-likeness (QED) is 0.493. The molecular weight excluding hydrogens is 308 g/mol. The summed E-state index contributed by atoms with van der Waals surface area (Å²) in [6, 6.07) is 4.48. The first kappa shape index (κ1) is 16.6. The predicted molar refractivity (Wildman–Crippen MR) is 95.9 cm³/mol. The number of aromatic nitrogens is 1. The second kappa shape index (κ2) is 8.00. The predicted octanol–water partition coefficient (Wildman–Crippen LogP) is 3.41. The monoisotopic (exact) mass is 334 g/mol. The number of guanidine groups is 1. The van der Waals surface area contributed by atoms with Gasteiger partial charge in [0.25, 0.3) is 0 Å². The van der Waals surface area contributed by atoms with Crippen molar-refractivity contribution in [1.29, 1.82) is 0 Å². The average molecular weight is 335 g/mol. The summed E-state index contributed by atoms with van der Waals surface area (Å²) in [5.41, 5.74) is 1.18. The van der Waals surface area contributed by atoms with Crippen molar-refractivity contribution in [2.45, 2.75) is 51.0 Å². The summed E-state index contributed by atoms with van der Waals surface area (Å²) in [5, 5.41) is 7.53. The van der Waals surface area contributed by atoms with E-state index in [0.717, 1.165) is 30.8 Å². The first-order valence-corrected chi connectivity index (χ1v) is 9.21. The third-order valence-electron chi connectivity index (χ3n) is 5.14. The zero-order valence-corrected chi connectivity index (χ0v) is 14.6. The van der Waals surface area contributed by atoms with E-state index in [0.29, 0.717) is 11.2 Å². The van der Waals surface area contributed by atoms with Gasteiger partial charge in [-0.1, -0.05) is 49.8 Å². The number of nitrogens with one attached hydrogen (secondary N) is 2. The molecule has 1 aromatic heterocycles. The SMILES string of the molecule is CN=C(NCCc1ccc(Cl)nc1)NC1CC1C1CCCCC1. The molecule has 5 heteroatoms. The maximum atomic E-state index is 5.80. The van der Waals surface area contributed by atoms with Crippen molar-refractivity contribution >= 4 is 17.6 Å². The summed E-state index contributed by atoms with van der Waals surface area (Å²) in [5.74, 6) is 2.74. The molecular formula is C18H27ClN4. The lowest BCUT2D eigenvalue weighted by Crippen LogP contribution is -2.40. The van der Waals surface area contributed by atoms with Gasteiger partial charge in [0, 0.05) is 25.8 Å². The van der Waals surface area contributed by atoms with Gasteiger partial charge in [0.15, 0.2) is 5.96 Å². The van der Waals surface area contributed by atoms with Gasteiger partial charge < -0.3 is 10.6 Å². The molecule has 0 radical (unpaired) electrons. The number of rotatable bonds is 5. The van der Waals surface area contributed by atoms with Crippen molar-refractivity contribution in [3.8, 4) is 0 Å². The summed E-state index contributed by atoms with van der Waals surface area (Å²) in [6.45, 7) is 0.851. The molecule has 2 aliphatic carbocycles. The molecule has 126 valence electrons. The number of aliphatic imine (C=N–C) groups is 1. The number of hydrogen-bond donors (Lipinski definition) is 2. The van der Waals surface area contributed by atoms with Gasteiger partial charge in [0.2, 0.25) is 0 Å². The summed E-state index contributed by atoms with van der Waals surface area (Å²) in [4.78, 5) is 8.46. The molecule has 2 N–H and O–H groups in total. The van der Waals surface area contributed by atoms with Crippen molar-refractivity contribution in [1.82, 2.24) is 15.6 Å². The Hall–Kier alpha value is -1.29. The van der Waals surface area contributed by atoms with Gasteiger partial charge in [-0.2, -0.15) is 0 Å². The maximum absolute atomic E-state index is 5.80. The lowest BCUT2D eigenvalue weighted by Gasteiger charge is -2.22. The first-order chi connectivity index (χ1) is 11.3. The van der Waals surface area contributed by atoms with Crippen LogP contribution in [0.4, 0.5) is 0 Å². The number of pyridine rings is 1. The van der Waals surface area contributed by atoms with Crippen LogP contribution in [0.15, 0.2) is 23.3 Å². The van der Waals surface area contributed by atoms with Crippen LogP contribution in [0.2, 0.25) is 5.15 Å². The van der Waals surface area contributed by atoms with E-state index in [1.165, 1.54) is 44.1 Å². The van der Waals surface area contributed by atoms with Crippen LogP contribution in [-0.4, -0.2) is 30.6 Å². The van der Waals surface area contributed by atoms with Crippen molar-refractivity contribution < 1.29 is 0 Å². The second-order valence-electron chi connectivity index (χ2n) is 6.79. The molecule has 3 rings (SSSR count). The van der Waals surface area contributed by atoms with Gasteiger partial charge >= 0.3 is 0 Å². The number of hydrogen-bond acceptors (Lipinski definition) is 2. The third kappa shape index (κ3) is 4.84. The van der Waals surface area contributed by atoms with Gasteiger partial charge in [-0.25, -0.2) is 4.98 Å². The summed E-state index contributed by atoms with van der Waals surface area (Å²) in [6.07, 6.45) is 11.2. The molecule has 0 aromatic carbocycles. The molecule has 2 unspecified atom stereocenters. The van der Waals surface area contributed by atoms with E-state index in [9.17, 15) is 0 Å². The van der Waals surface area contributed by atoms with E-state index in [1.807, 2.05) is 25.4 Å². The number of nitrogens with zero attached hydrogens (tertiary/aromatic N) is 2. The molecule has 2 aliphatic rings. The summed E-state index contributed by atoms with van der Waals surface area (Å²) < 4.78 is 0. The van der Waals surface area contributed by atoms with E-state index in [4.69, 9.17) is 11.6 Å². The van der Waals surface area contributed by atoms with Crippen LogP contribution in [-0.2, 0) is 6.42 Å². The minimum absolute atomic E-state index is 0.543. The maximum Gasteiger partial charge on any atom is 0.191 e. The van der Waals surface area contributed by atoms with Crippen LogP contribution in [0.1, 0.15) is 44.1 Å². The molecule has 0 bridgehead atoms. The lowest BCUT2D eigenvalue weighted by atomic mass is 9.85. The zero-order chi connectivity index (χ0) is 16.1. The Balaban J connectivity index is 1.38. The molecule has 2 fully saturated rings. The van der Waals surface area contributed by atoms with E-state index >= 15 is 0 Å². The van der Waals surface area contributed by atoms with Crippen LogP contribution in [0.5, 0.6) is 0 Å². The average Bonchev–Trinajstić information content (AvgIpc) is 3.36. The van der Waals surface area contributed by atoms with Crippen molar-refractivity contribution in [2.75, 3.05) is 13.6 Å². The summed E-state index contributed by atoms with van der Waals surface area (Å²) >= 11 is 5.80. The smallest absolute Gasteiger partial charge is 0.191 e. The van der Waals surface area contributed by atoms with Crippen LogP contribution in [0.25, 0.3) is 0 Å². The fraction of sp³-hybridized carbons (Fsp3) is 0.667. The highest BCUT2D eigenvalue weighted by molar-refractivity contribution is 6.29. The molecule has 0 saturated heterocycles. The Morgan fingerprint density at radius 3 is 2.83 bits per heavy atom. The highest BCUT2D eigenvalue weighted by Gasteiger charge is 2.43. The van der Waals surface area contributed by atoms with Crippen molar-refractivity contribution in [3.63, 3.8) is 0 Å². The number of halogens is 1. The standard InChI is InChI=1S/C18H27ClN4/c1-20-18(21-10-9-13-7-8-17(19)22-12-13)23-16-11-15(16)14-5-3-2-4-6-14/h7-8,12,14-16H,2-6,9-11H2,1H3,(H2,20,21,23). The van der Waals surface area contributed by atoms with E-state index in [1.54, 1.807) is 0 Å². The van der Waals surface area contributed by atoms with E-state index < -0.39 is 0 Å². The Labute approximate surface area is 144 Å². The fourth-order valence-electron chi connectivity index (χ4n) is 3.71. The highest BCUT2D eigenvalue weighted by Crippen LogP contribution is 2.44. The Kier molecular flexibility index (Phi) is 5.76. The minimum atomic E-state index is 0.543. The topological polar surface area (TPSA) is 49.3 Å². The Bertz CT molecular complexity index is 522.